The van der Waals surface area contributed by atoms with Gasteiger partial charge in [-0.1, -0.05) is 42.6 Å². The van der Waals surface area contributed by atoms with E-state index in [4.69, 9.17) is 21.1 Å². The number of carbonyl (C=O) groups is 1. The van der Waals surface area contributed by atoms with Gasteiger partial charge < -0.3 is 14.8 Å². The minimum Gasteiger partial charge on any atom is -0.349 e. The van der Waals surface area contributed by atoms with Crippen molar-refractivity contribution in [1.82, 2.24) is 14.3 Å². The molecule has 3 aliphatic rings. The predicted octanol–water partition coefficient (Wildman–Crippen LogP) is 2.90. The van der Waals surface area contributed by atoms with Gasteiger partial charge in [0.1, 0.15) is 0 Å². The summed E-state index contributed by atoms with van der Waals surface area (Å²) >= 11 is 6.69. The summed E-state index contributed by atoms with van der Waals surface area (Å²) in [6.07, 6.45) is 4.65. The van der Waals surface area contributed by atoms with Crippen molar-refractivity contribution in [1.29, 1.82) is 0 Å². The van der Waals surface area contributed by atoms with Crippen molar-refractivity contribution < 1.29 is 27.1 Å². The van der Waals surface area contributed by atoms with Gasteiger partial charge in [0.15, 0.2) is 0 Å². The van der Waals surface area contributed by atoms with E-state index in [0.717, 1.165) is 25.7 Å². The Morgan fingerprint density at radius 3 is 2.52 bits per heavy atom. The SMILES string of the molecule is O=C(NS(=O)(=O)N1CC[C@@](Cl)(OC2CCNCC2)[C@@]1(F)OCC1CCCC1)c1ccccc1. The molecule has 0 aromatic heterocycles. The van der Waals surface area contributed by atoms with E-state index in [1.165, 1.54) is 12.1 Å². The number of benzene rings is 1. The average Bonchev–Trinajstić information content (AvgIpc) is 3.40. The molecule has 3 fully saturated rings. The molecule has 11 heteroatoms. The van der Waals surface area contributed by atoms with Crippen LogP contribution >= 0.6 is 11.6 Å². The molecule has 2 saturated heterocycles. The zero-order valence-electron chi connectivity index (χ0n) is 18.5. The zero-order valence-corrected chi connectivity index (χ0v) is 20.0. The van der Waals surface area contributed by atoms with E-state index in [9.17, 15) is 13.2 Å². The number of nitrogens with zero attached hydrogens (tertiary/aromatic N) is 1. The normalized spacial score (nSPS) is 30.0. The van der Waals surface area contributed by atoms with Gasteiger partial charge in [-0.3, -0.25) is 4.79 Å². The molecule has 0 unspecified atom stereocenters. The number of ether oxygens (including phenoxy) is 2. The lowest BCUT2D eigenvalue weighted by Gasteiger charge is -2.41. The van der Waals surface area contributed by atoms with E-state index in [1.807, 2.05) is 4.72 Å². The Morgan fingerprint density at radius 1 is 1.18 bits per heavy atom. The van der Waals surface area contributed by atoms with Gasteiger partial charge in [-0.2, -0.15) is 12.8 Å². The van der Waals surface area contributed by atoms with Crippen molar-refractivity contribution in [2.45, 2.75) is 62.1 Å². The molecule has 1 amide bonds. The highest BCUT2D eigenvalue weighted by Gasteiger charge is 2.67. The lowest BCUT2D eigenvalue weighted by molar-refractivity contribution is -0.281. The number of hydrogen-bond donors (Lipinski definition) is 2. The van der Waals surface area contributed by atoms with Crippen LogP contribution in [0.1, 0.15) is 55.3 Å². The van der Waals surface area contributed by atoms with Crippen LogP contribution in [0.3, 0.4) is 0 Å². The molecular formula is C22H31ClFN3O5S. The van der Waals surface area contributed by atoms with Crippen molar-refractivity contribution in [3.05, 3.63) is 35.9 Å². The van der Waals surface area contributed by atoms with Gasteiger partial charge in [0, 0.05) is 18.5 Å². The smallest absolute Gasteiger partial charge is 0.326 e. The maximum Gasteiger partial charge on any atom is 0.326 e. The van der Waals surface area contributed by atoms with Crippen LogP contribution in [0.4, 0.5) is 4.39 Å². The summed E-state index contributed by atoms with van der Waals surface area (Å²) in [5.74, 6) is -3.69. The van der Waals surface area contributed by atoms with Gasteiger partial charge in [-0.15, -0.1) is 4.31 Å². The Kier molecular flexibility index (Phi) is 7.62. The van der Waals surface area contributed by atoms with E-state index in [1.54, 1.807) is 18.2 Å². The first-order chi connectivity index (χ1) is 15.7. The third kappa shape index (κ3) is 5.36. The molecule has 2 aliphatic heterocycles. The first-order valence-electron chi connectivity index (χ1n) is 11.5. The van der Waals surface area contributed by atoms with Gasteiger partial charge in [-0.05, 0) is 56.8 Å². The molecular weight excluding hydrogens is 473 g/mol. The lowest BCUT2D eigenvalue weighted by Crippen LogP contribution is -2.60. The molecule has 1 saturated carbocycles. The fourth-order valence-electron chi connectivity index (χ4n) is 4.72. The molecule has 0 radical (unpaired) electrons. The number of rotatable bonds is 8. The number of halogens is 2. The minimum atomic E-state index is -4.62. The Hall–Kier alpha value is -1.30. The molecule has 4 rings (SSSR count). The summed E-state index contributed by atoms with van der Waals surface area (Å²) in [4.78, 5) is 12.5. The van der Waals surface area contributed by atoms with E-state index in [-0.39, 0.29) is 37.2 Å². The van der Waals surface area contributed by atoms with Crippen LogP contribution in [-0.4, -0.2) is 62.0 Å². The molecule has 0 spiro atoms. The summed E-state index contributed by atoms with van der Waals surface area (Å²) in [5, 5.41) is 1.19. The molecule has 1 aliphatic carbocycles. The molecule has 2 atom stereocenters. The largest absolute Gasteiger partial charge is 0.349 e. The number of piperidine rings is 1. The topological polar surface area (TPSA) is 97.0 Å². The summed E-state index contributed by atoms with van der Waals surface area (Å²) in [6, 6.07) is 7.87. The quantitative estimate of drug-likeness (QED) is 0.418. The van der Waals surface area contributed by atoms with Gasteiger partial charge in [0.05, 0.1) is 12.7 Å². The van der Waals surface area contributed by atoms with Crippen molar-refractivity contribution >= 4 is 27.7 Å². The lowest BCUT2D eigenvalue weighted by atomic mass is 10.1. The van der Waals surface area contributed by atoms with Crippen molar-refractivity contribution in [3.8, 4) is 0 Å². The van der Waals surface area contributed by atoms with E-state index >= 15 is 4.39 Å². The molecule has 184 valence electrons. The highest BCUT2D eigenvalue weighted by molar-refractivity contribution is 7.87. The standard InChI is InChI=1S/C22H31ClFN3O5S/c23-21(32-19-10-13-25-14-11-19)12-15-27(22(21,24)31-16-17-6-4-5-7-17)33(29,30)26-20(28)18-8-2-1-3-9-18/h1-3,8-9,17,19,25H,4-7,10-16H2,(H,26,28)/t21-,22+/m1/s1. The average molecular weight is 504 g/mol. The maximum absolute atomic E-state index is 16.7. The number of amides is 1. The van der Waals surface area contributed by atoms with E-state index in [0.29, 0.717) is 30.2 Å². The number of alkyl halides is 2. The van der Waals surface area contributed by atoms with Crippen molar-refractivity contribution in [2.24, 2.45) is 5.92 Å². The second kappa shape index (κ2) is 10.1. The van der Waals surface area contributed by atoms with Gasteiger partial charge in [0.2, 0.25) is 5.06 Å². The summed E-state index contributed by atoms with van der Waals surface area (Å²) in [7, 11) is -4.62. The highest BCUT2D eigenvalue weighted by atomic mass is 35.5. The zero-order chi connectivity index (χ0) is 23.5. The molecule has 0 bridgehead atoms. The first kappa shape index (κ1) is 24.8. The Morgan fingerprint density at radius 2 is 1.85 bits per heavy atom. The second-order valence-electron chi connectivity index (χ2n) is 8.94. The van der Waals surface area contributed by atoms with Crippen LogP contribution < -0.4 is 10.0 Å². The molecule has 8 nitrogen and oxygen atoms in total. The first-order valence-corrected chi connectivity index (χ1v) is 13.4. The highest BCUT2D eigenvalue weighted by Crippen LogP contribution is 2.49. The summed E-state index contributed by atoms with van der Waals surface area (Å²) < 4.78 is 57.1. The third-order valence-electron chi connectivity index (χ3n) is 6.59. The van der Waals surface area contributed by atoms with Crippen LogP contribution in [0.25, 0.3) is 0 Å². The van der Waals surface area contributed by atoms with Crippen LogP contribution in [0.2, 0.25) is 0 Å². The van der Waals surface area contributed by atoms with Gasteiger partial charge in [0.25, 0.3) is 5.91 Å². The number of nitrogens with one attached hydrogen (secondary N) is 2. The van der Waals surface area contributed by atoms with Crippen molar-refractivity contribution in [3.63, 3.8) is 0 Å². The Bertz CT molecular complexity index is 927. The fourth-order valence-corrected chi connectivity index (χ4v) is 6.44. The van der Waals surface area contributed by atoms with Crippen LogP contribution in [0.5, 0.6) is 0 Å². The van der Waals surface area contributed by atoms with Crippen molar-refractivity contribution in [2.75, 3.05) is 26.2 Å². The molecule has 33 heavy (non-hydrogen) atoms. The molecule has 1 aromatic rings. The van der Waals surface area contributed by atoms with Crippen LogP contribution in [0, 0.1) is 5.92 Å². The summed E-state index contributed by atoms with van der Waals surface area (Å²) in [5.41, 5.74) is 0.139. The summed E-state index contributed by atoms with van der Waals surface area (Å²) in [6.45, 7) is 1.15. The molecule has 2 N–H and O–H groups in total. The Balaban J connectivity index is 1.57. The number of hydrogen-bond acceptors (Lipinski definition) is 6. The van der Waals surface area contributed by atoms with E-state index in [2.05, 4.69) is 5.32 Å². The predicted molar refractivity (Wildman–Crippen MR) is 121 cm³/mol. The maximum atomic E-state index is 16.7. The minimum absolute atomic E-state index is 0.0270. The second-order valence-corrected chi connectivity index (χ2v) is 11.1. The Labute approximate surface area is 199 Å². The van der Waals surface area contributed by atoms with Gasteiger partial charge in [-0.25, -0.2) is 4.72 Å². The van der Waals surface area contributed by atoms with Gasteiger partial charge >= 0.3 is 16.2 Å². The monoisotopic (exact) mass is 503 g/mol. The number of carbonyl (C=O) groups excluding carboxylic acids is 1. The molecule has 2 heterocycles. The van der Waals surface area contributed by atoms with Crippen LogP contribution in [0.15, 0.2) is 30.3 Å². The fraction of sp³-hybridized carbons (Fsp3) is 0.682. The third-order valence-corrected chi connectivity index (χ3v) is 8.54. The molecule has 1 aromatic carbocycles. The van der Waals surface area contributed by atoms with Crippen LogP contribution in [-0.2, 0) is 19.7 Å². The van der Waals surface area contributed by atoms with E-state index < -0.39 is 27.2 Å².